The van der Waals surface area contributed by atoms with Crippen LogP contribution in [0.15, 0.2) is 79.3 Å². The number of rotatable bonds is 7. The zero-order valence-electron chi connectivity index (χ0n) is 18.8. The molecule has 172 valence electrons. The summed E-state index contributed by atoms with van der Waals surface area (Å²) >= 11 is 0. The van der Waals surface area contributed by atoms with Gasteiger partial charge in [0, 0.05) is 38.0 Å². The number of allylic oxidation sites excluding steroid dienone is 1. The van der Waals surface area contributed by atoms with Gasteiger partial charge in [0.05, 0.1) is 17.1 Å². The fraction of sp³-hybridized carbons (Fsp3) is 0.154. The van der Waals surface area contributed by atoms with E-state index in [-0.39, 0.29) is 17.4 Å². The smallest absolute Gasteiger partial charge is 0.245 e. The maximum absolute atomic E-state index is 12.8. The number of anilines is 2. The average molecular weight is 456 g/mol. The average Bonchev–Trinajstić information content (AvgIpc) is 2.86. The third-order valence-corrected chi connectivity index (χ3v) is 5.47. The van der Waals surface area contributed by atoms with Crippen molar-refractivity contribution >= 4 is 28.6 Å². The van der Waals surface area contributed by atoms with E-state index in [4.69, 9.17) is 10.5 Å². The van der Waals surface area contributed by atoms with Crippen molar-refractivity contribution in [2.75, 3.05) is 24.1 Å². The van der Waals surface area contributed by atoms with E-state index in [1.54, 1.807) is 60.6 Å². The predicted molar refractivity (Wildman–Crippen MR) is 131 cm³/mol. The quantitative estimate of drug-likeness (QED) is 0.310. The number of hydrogen-bond donors (Lipinski definition) is 2. The number of para-hydroxylation sites is 2. The molecule has 8 nitrogen and oxygen atoms in total. The highest BCUT2D eigenvalue weighted by molar-refractivity contribution is 6.10. The molecule has 0 saturated carbocycles. The van der Waals surface area contributed by atoms with Gasteiger partial charge in [-0.1, -0.05) is 24.8 Å². The van der Waals surface area contributed by atoms with Crippen molar-refractivity contribution in [3.05, 3.63) is 90.5 Å². The zero-order valence-corrected chi connectivity index (χ0v) is 18.8. The van der Waals surface area contributed by atoms with Gasteiger partial charge in [0.25, 0.3) is 0 Å². The summed E-state index contributed by atoms with van der Waals surface area (Å²) < 4.78 is 5.98. The van der Waals surface area contributed by atoms with Crippen LogP contribution in [0.4, 0.5) is 11.4 Å². The third-order valence-electron chi connectivity index (χ3n) is 5.47. The maximum Gasteiger partial charge on any atom is 0.245 e. The summed E-state index contributed by atoms with van der Waals surface area (Å²) in [4.78, 5) is 34.9. The Balaban J connectivity index is 1.45. The van der Waals surface area contributed by atoms with Gasteiger partial charge in [0.2, 0.25) is 17.6 Å². The first-order valence-corrected chi connectivity index (χ1v) is 10.8. The lowest BCUT2D eigenvalue weighted by molar-refractivity contribution is -0.128. The van der Waals surface area contributed by atoms with Crippen LogP contribution in [0.5, 0.6) is 11.6 Å². The first-order chi connectivity index (χ1) is 16.4. The van der Waals surface area contributed by atoms with Crippen LogP contribution in [0.1, 0.15) is 29.4 Å². The minimum absolute atomic E-state index is 0.0469. The summed E-state index contributed by atoms with van der Waals surface area (Å²) in [6.07, 6.45) is 5.82. The van der Waals surface area contributed by atoms with Gasteiger partial charge in [-0.05, 0) is 48.4 Å². The highest BCUT2D eigenvalue weighted by Gasteiger charge is 2.19. The molecule has 0 saturated heterocycles. The van der Waals surface area contributed by atoms with E-state index in [1.165, 1.54) is 0 Å². The number of ketones is 1. The molecule has 1 aliphatic heterocycles. The van der Waals surface area contributed by atoms with Gasteiger partial charge in [0.1, 0.15) is 11.4 Å². The van der Waals surface area contributed by atoms with E-state index in [0.717, 1.165) is 5.57 Å². The SMILES string of the molecule is C=C(Nc1ccccc1N)C(=O)c1ccc(Oc2nccnc2C2=CCN(C(C)=O)CC2)cc1. The summed E-state index contributed by atoms with van der Waals surface area (Å²) in [6, 6.07) is 13.9. The molecular formula is C26H25N5O3. The van der Waals surface area contributed by atoms with Crippen LogP contribution in [0, 0.1) is 0 Å². The molecule has 0 radical (unpaired) electrons. The second-order valence-corrected chi connectivity index (χ2v) is 7.80. The second kappa shape index (κ2) is 9.99. The van der Waals surface area contributed by atoms with Gasteiger partial charge in [-0.25, -0.2) is 9.97 Å². The molecule has 1 aliphatic rings. The number of carbonyl (C=O) groups is 2. The molecule has 3 N–H and O–H groups in total. The molecule has 0 spiro atoms. The number of nitrogens with one attached hydrogen (secondary N) is 1. The lowest BCUT2D eigenvalue weighted by Crippen LogP contribution is -2.32. The number of nitrogen functional groups attached to an aromatic ring is 1. The van der Waals surface area contributed by atoms with Crippen LogP contribution in [0.3, 0.4) is 0 Å². The summed E-state index contributed by atoms with van der Waals surface area (Å²) in [7, 11) is 0. The highest BCUT2D eigenvalue weighted by Crippen LogP contribution is 2.30. The van der Waals surface area contributed by atoms with Gasteiger partial charge in [-0.2, -0.15) is 0 Å². The molecular weight excluding hydrogens is 430 g/mol. The van der Waals surface area contributed by atoms with E-state index in [2.05, 4.69) is 21.9 Å². The Morgan fingerprint density at radius 3 is 2.50 bits per heavy atom. The van der Waals surface area contributed by atoms with Crippen LogP contribution >= 0.6 is 0 Å². The molecule has 34 heavy (non-hydrogen) atoms. The Morgan fingerprint density at radius 1 is 1.09 bits per heavy atom. The maximum atomic E-state index is 12.8. The molecule has 8 heteroatoms. The number of amides is 1. The lowest BCUT2D eigenvalue weighted by Gasteiger charge is -2.25. The first kappa shape index (κ1) is 22.7. The predicted octanol–water partition coefficient (Wildman–Crippen LogP) is 4.30. The monoisotopic (exact) mass is 455 g/mol. The van der Waals surface area contributed by atoms with Crippen molar-refractivity contribution in [2.24, 2.45) is 0 Å². The van der Waals surface area contributed by atoms with Crippen LogP contribution in [-0.2, 0) is 4.79 Å². The molecule has 2 heterocycles. The van der Waals surface area contributed by atoms with E-state index < -0.39 is 0 Å². The van der Waals surface area contributed by atoms with Crippen molar-refractivity contribution < 1.29 is 14.3 Å². The van der Waals surface area contributed by atoms with Crippen LogP contribution in [0.25, 0.3) is 5.57 Å². The number of ether oxygens (including phenoxy) is 1. The van der Waals surface area contributed by atoms with Gasteiger partial charge in [-0.3, -0.25) is 9.59 Å². The van der Waals surface area contributed by atoms with Crippen molar-refractivity contribution in [3.8, 4) is 11.6 Å². The molecule has 0 aliphatic carbocycles. The molecule has 0 unspecified atom stereocenters. The van der Waals surface area contributed by atoms with Gasteiger partial charge < -0.3 is 20.7 Å². The molecule has 0 fully saturated rings. The van der Waals surface area contributed by atoms with Crippen molar-refractivity contribution in [1.29, 1.82) is 0 Å². The molecule has 1 amide bonds. The molecule has 2 aromatic carbocycles. The Kier molecular flexibility index (Phi) is 6.68. The van der Waals surface area contributed by atoms with Crippen molar-refractivity contribution in [1.82, 2.24) is 14.9 Å². The standard InChI is InChI=1S/C26H25N5O3/c1-17(30-23-6-4-3-5-22(23)27)25(33)20-7-9-21(10-8-20)34-26-24(28-13-14-29-26)19-11-15-31(16-12-19)18(2)32/h3-11,13-14,30H,1,12,15-16,27H2,2H3. The van der Waals surface area contributed by atoms with E-state index in [9.17, 15) is 9.59 Å². The van der Waals surface area contributed by atoms with Crippen LogP contribution in [-0.4, -0.2) is 39.6 Å². The highest BCUT2D eigenvalue weighted by atomic mass is 16.5. The van der Waals surface area contributed by atoms with Crippen molar-refractivity contribution in [2.45, 2.75) is 13.3 Å². The number of nitrogens with two attached hydrogens (primary N) is 1. The summed E-state index contributed by atoms with van der Waals surface area (Å²) in [6.45, 7) is 6.56. The van der Waals surface area contributed by atoms with Crippen LogP contribution in [0.2, 0.25) is 0 Å². The van der Waals surface area contributed by atoms with Crippen molar-refractivity contribution in [3.63, 3.8) is 0 Å². The summed E-state index contributed by atoms with van der Waals surface area (Å²) in [5.74, 6) is 0.684. The molecule has 0 atom stereocenters. The van der Waals surface area contributed by atoms with E-state index >= 15 is 0 Å². The Labute approximate surface area is 197 Å². The van der Waals surface area contributed by atoms with Gasteiger partial charge in [0.15, 0.2) is 0 Å². The second-order valence-electron chi connectivity index (χ2n) is 7.80. The minimum atomic E-state index is -0.252. The van der Waals surface area contributed by atoms with E-state index in [1.807, 2.05) is 18.2 Å². The Hall–Kier alpha value is -4.46. The van der Waals surface area contributed by atoms with Gasteiger partial charge >= 0.3 is 0 Å². The number of benzene rings is 2. The largest absolute Gasteiger partial charge is 0.437 e. The van der Waals surface area contributed by atoms with Gasteiger partial charge in [-0.15, -0.1) is 0 Å². The Bertz CT molecular complexity index is 1270. The molecule has 3 aromatic rings. The summed E-state index contributed by atoms with van der Waals surface area (Å²) in [5.41, 5.74) is 9.37. The van der Waals surface area contributed by atoms with Crippen LogP contribution < -0.4 is 15.8 Å². The normalized spacial score (nSPS) is 13.1. The first-order valence-electron chi connectivity index (χ1n) is 10.8. The lowest BCUT2D eigenvalue weighted by atomic mass is 10.0. The molecule has 1 aromatic heterocycles. The summed E-state index contributed by atoms with van der Waals surface area (Å²) in [5, 5.41) is 2.97. The molecule has 4 rings (SSSR count). The van der Waals surface area contributed by atoms with E-state index in [0.29, 0.717) is 53.8 Å². The fourth-order valence-corrected chi connectivity index (χ4v) is 3.58. The number of carbonyl (C=O) groups excluding carboxylic acids is 2. The Morgan fingerprint density at radius 2 is 1.82 bits per heavy atom. The number of hydrogen-bond acceptors (Lipinski definition) is 7. The number of aromatic nitrogens is 2. The third kappa shape index (κ3) is 5.12. The minimum Gasteiger partial charge on any atom is -0.437 e. The zero-order chi connectivity index (χ0) is 24.1. The number of Topliss-reactive ketones (excluding diaryl/α,β-unsaturated/α-hetero) is 1. The number of nitrogens with zero attached hydrogens (tertiary/aromatic N) is 3. The topological polar surface area (TPSA) is 110 Å². The fourth-order valence-electron chi connectivity index (χ4n) is 3.58. The molecule has 0 bridgehead atoms.